The van der Waals surface area contributed by atoms with Crippen LogP contribution >= 0.6 is 15.9 Å². The molecular weight excluding hydrogens is 433 g/mol. The number of likely N-dealkylation sites (N-methyl/N-ethyl adjacent to an activating group) is 1. The van der Waals surface area contributed by atoms with Crippen LogP contribution in [-0.4, -0.2) is 58.7 Å². The number of anilines is 1. The third-order valence-electron chi connectivity index (χ3n) is 4.97. The normalized spacial score (nSPS) is 20.8. The lowest BCUT2D eigenvalue weighted by atomic mass is 10.0. The SMILES string of the molecule is COC(=O)c1cc(F)c(Br)cc1NC(=O)C1CCC(n2ccnc2)N(C)N1C. The molecule has 0 radical (unpaired) electrons. The topological polar surface area (TPSA) is 79.7 Å². The Labute approximate surface area is 170 Å². The fraction of sp³-hybridized carbons (Fsp3) is 0.389. The van der Waals surface area contributed by atoms with E-state index in [1.165, 1.54) is 13.2 Å². The van der Waals surface area contributed by atoms with Crippen LogP contribution in [0.3, 0.4) is 0 Å². The highest BCUT2D eigenvalue weighted by Crippen LogP contribution is 2.30. The molecule has 0 bridgehead atoms. The molecule has 1 saturated heterocycles. The van der Waals surface area contributed by atoms with Crippen molar-refractivity contribution < 1.29 is 18.7 Å². The number of hydrazine groups is 1. The summed E-state index contributed by atoms with van der Waals surface area (Å²) in [5, 5.41) is 6.56. The second-order valence-corrected chi connectivity index (χ2v) is 7.38. The molecule has 10 heteroatoms. The number of ether oxygens (including phenoxy) is 1. The van der Waals surface area contributed by atoms with Crippen molar-refractivity contribution in [1.29, 1.82) is 0 Å². The fourth-order valence-corrected chi connectivity index (χ4v) is 3.69. The van der Waals surface area contributed by atoms with Crippen LogP contribution in [-0.2, 0) is 9.53 Å². The summed E-state index contributed by atoms with van der Waals surface area (Å²) in [5.74, 6) is -1.63. The summed E-state index contributed by atoms with van der Waals surface area (Å²) >= 11 is 3.08. The Kier molecular flexibility index (Phi) is 6.11. The Bertz CT molecular complexity index is 876. The van der Waals surface area contributed by atoms with E-state index in [-0.39, 0.29) is 27.8 Å². The summed E-state index contributed by atoms with van der Waals surface area (Å²) in [7, 11) is 4.93. The summed E-state index contributed by atoms with van der Waals surface area (Å²) < 4.78 is 20.7. The molecule has 2 unspecified atom stereocenters. The number of halogens is 2. The van der Waals surface area contributed by atoms with Crippen LogP contribution in [0, 0.1) is 5.82 Å². The largest absolute Gasteiger partial charge is 0.465 e. The quantitative estimate of drug-likeness (QED) is 0.716. The number of carbonyl (C=O) groups is 2. The number of benzene rings is 1. The number of aromatic nitrogens is 2. The fourth-order valence-electron chi connectivity index (χ4n) is 3.34. The Morgan fingerprint density at radius 3 is 2.68 bits per heavy atom. The van der Waals surface area contributed by atoms with Gasteiger partial charge in [0.2, 0.25) is 5.91 Å². The molecule has 1 aromatic carbocycles. The summed E-state index contributed by atoms with van der Waals surface area (Å²) in [6.07, 6.45) is 6.75. The van der Waals surface area contributed by atoms with Crippen molar-refractivity contribution in [2.75, 3.05) is 26.5 Å². The Morgan fingerprint density at radius 1 is 1.29 bits per heavy atom. The van der Waals surface area contributed by atoms with Crippen LogP contribution in [0.2, 0.25) is 0 Å². The van der Waals surface area contributed by atoms with Gasteiger partial charge < -0.3 is 14.6 Å². The van der Waals surface area contributed by atoms with E-state index in [1.807, 2.05) is 34.9 Å². The van der Waals surface area contributed by atoms with Crippen LogP contribution in [0.4, 0.5) is 10.1 Å². The molecular formula is C18H21BrFN5O3. The molecule has 0 saturated carbocycles. The smallest absolute Gasteiger partial charge is 0.340 e. The first-order valence-electron chi connectivity index (χ1n) is 8.64. The van der Waals surface area contributed by atoms with Crippen molar-refractivity contribution in [3.05, 3.63) is 46.7 Å². The Morgan fingerprint density at radius 2 is 2.04 bits per heavy atom. The van der Waals surface area contributed by atoms with Crippen molar-refractivity contribution in [1.82, 2.24) is 19.6 Å². The van der Waals surface area contributed by atoms with Crippen molar-refractivity contribution in [3.63, 3.8) is 0 Å². The van der Waals surface area contributed by atoms with Gasteiger partial charge in [-0.3, -0.25) is 4.79 Å². The first-order valence-corrected chi connectivity index (χ1v) is 9.44. The van der Waals surface area contributed by atoms with Gasteiger partial charge in [0.05, 0.1) is 29.2 Å². The zero-order valence-electron chi connectivity index (χ0n) is 15.7. The number of esters is 1. The molecule has 1 aliphatic heterocycles. The van der Waals surface area contributed by atoms with Crippen LogP contribution < -0.4 is 5.32 Å². The molecule has 8 nitrogen and oxygen atoms in total. The maximum atomic E-state index is 13.8. The summed E-state index contributed by atoms with van der Waals surface area (Å²) in [6, 6.07) is 1.96. The molecule has 0 aliphatic carbocycles. The minimum atomic E-state index is -0.726. The summed E-state index contributed by atoms with van der Waals surface area (Å²) in [6.45, 7) is 0. The van der Waals surface area contributed by atoms with E-state index in [1.54, 1.807) is 12.5 Å². The van der Waals surface area contributed by atoms with Crippen LogP contribution in [0.15, 0.2) is 35.3 Å². The van der Waals surface area contributed by atoms with Crippen LogP contribution in [0.25, 0.3) is 0 Å². The average Bonchev–Trinajstić information content (AvgIpc) is 3.20. The minimum Gasteiger partial charge on any atom is -0.465 e. The van der Waals surface area contributed by atoms with Crippen LogP contribution in [0.5, 0.6) is 0 Å². The standard InChI is InChI=1S/C18H21BrFN5O3/c1-23-15(4-5-16(24(23)2)25-7-6-21-10-25)17(26)22-14-9-12(19)13(20)8-11(14)18(27)28-3/h6-10,15-16H,4-5H2,1-3H3,(H,22,26). The number of hydrogen-bond donors (Lipinski definition) is 1. The van der Waals surface area contributed by atoms with Gasteiger partial charge in [-0.1, -0.05) is 0 Å². The molecule has 2 heterocycles. The lowest BCUT2D eigenvalue weighted by Gasteiger charge is -2.44. The first kappa shape index (κ1) is 20.4. The molecule has 150 valence electrons. The monoisotopic (exact) mass is 453 g/mol. The van der Waals surface area contributed by atoms with Gasteiger partial charge in [-0.2, -0.15) is 0 Å². The van der Waals surface area contributed by atoms with Gasteiger partial charge in [0, 0.05) is 26.5 Å². The summed E-state index contributed by atoms with van der Waals surface area (Å²) in [4.78, 5) is 29.0. The minimum absolute atomic E-state index is 0.0420. The number of hydrogen-bond acceptors (Lipinski definition) is 6. The molecule has 3 rings (SSSR count). The molecule has 2 atom stereocenters. The predicted octanol–water partition coefficient (Wildman–Crippen LogP) is 2.65. The lowest BCUT2D eigenvalue weighted by Crippen LogP contribution is -2.55. The van der Waals surface area contributed by atoms with E-state index in [0.717, 1.165) is 12.5 Å². The van der Waals surface area contributed by atoms with Crippen molar-refractivity contribution in [3.8, 4) is 0 Å². The first-order chi connectivity index (χ1) is 13.3. The van der Waals surface area contributed by atoms with E-state index in [9.17, 15) is 14.0 Å². The molecule has 1 aromatic heterocycles. The molecule has 1 aliphatic rings. The lowest BCUT2D eigenvalue weighted by molar-refractivity contribution is -0.144. The van der Waals surface area contributed by atoms with Crippen molar-refractivity contribution >= 4 is 33.5 Å². The number of amides is 1. The average molecular weight is 454 g/mol. The van der Waals surface area contributed by atoms with Gasteiger partial charge in [0.25, 0.3) is 0 Å². The second-order valence-electron chi connectivity index (χ2n) is 6.52. The van der Waals surface area contributed by atoms with Crippen molar-refractivity contribution in [2.24, 2.45) is 0 Å². The number of rotatable bonds is 4. The van der Waals surface area contributed by atoms with E-state index in [4.69, 9.17) is 4.74 Å². The van der Waals surface area contributed by atoms with E-state index in [0.29, 0.717) is 6.42 Å². The number of nitrogens with one attached hydrogen (secondary N) is 1. The summed E-state index contributed by atoms with van der Waals surface area (Å²) in [5.41, 5.74) is 0.151. The van der Waals surface area contributed by atoms with Crippen LogP contribution in [0.1, 0.15) is 29.4 Å². The number of nitrogens with zero attached hydrogens (tertiary/aromatic N) is 4. The molecule has 28 heavy (non-hydrogen) atoms. The third-order valence-corrected chi connectivity index (χ3v) is 5.58. The Hall–Kier alpha value is -2.30. The van der Waals surface area contributed by atoms with Crippen molar-refractivity contribution in [2.45, 2.75) is 25.0 Å². The van der Waals surface area contributed by atoms with E-state index < -0.39 is 17.8 Å². The van der Waals surface area contributed by atoms with Gasteiger partial charge in [-0.15, -0.1) is 0 Å². The number of imidazole rings is 1. The maximum Gasteiger partial charge on any atom is 0.340 e. The molecule has 1 N–H and O–H groups in total. The molecule has 0 spiro atoms. The van der Waals surface area contributed by atoms with Gasteiger partial charge >= 0.3 is 5.97 Å². The Balaban J connectivity index is 1.79. The second kappa shape index (κ2) is 8.38. The van der Waals surface area contributed by atoms with Gasteiger partial charge in [-0.05, 0) is 40.9 Å². The molecule has 1 amide bonds. The number of carbonyl (C=O) groups excluding carboxylic acids is 2. The number of methoxy groups -OCH3 is 1. The molecule has 2 aromatic rings. The highest BCUT2D eigenvalue weighted by atomic mass is 79.9. The van der Waals surface area contributed by atoms with E-state index in [2.05, 4.69) is 26.2 Å². The van der Waals surface area contributed by atoms with E-state index >= 15 is 0 Å². The van der Waals surface area contributed by atoms with Gasteiger partial charge in [0.1, 0.15) is 18.0 Å². The maximum absolute atomic E-state index is 13.8. The zero-order valence-corrected chi connectivity index (χ0v) is 17.3. The highest BCUT2D eigenvalue weighted by Gasteiger charge is 2.35. The predicted molar refractivity (Wildman–Crippen MR) is 104 cm³/mol. The molecule has 1 fully saturated rings. The van der Waals surface area contributed by atoms with Gasteiger partial charge in [-0.25, -0.2) is 24.2 Å². The zero-order chi connectivity index (χ0) is 20.4. The van der Waals surface area contributed by atoms with Gasteiger partial charge in [0.15, 0.2) is 0 Å². The highest BCUT2D eigenvalue weighted by molar-refractivity contribution is 9.10. The third kappa shape index (κ3) is 3.94.